The molecule has 0 spiro atoms. The fourth-order valence-electron chi connectivity index (χ4n) is 3.80. The van der Waals surface area contributed by atoms with Crippen molar-refractivity contribution in [2.24, 2.45) is 5.92 Å². The van der Waals surface area contributed by atoms with Gasteiger partial charge in [0, 0.05) is 55.5 Å². The first kappa shape index (κ1) is 18.9. The van der Waals surface area contributed by atoms with Crippen LogP contribution in [0.3, 0.4) is 0 Å². The topological polar surface area (TPSA) is 44.7 Å². The summed E-state index contributed by atoms with van der Waals surface area (Å²) in [6.07, 6.45) is -3.03. The summed E-state index contributed by atoms with van der Waals surface area (Å²) in [4.78, 5) is 2.19. The molecule has 0 amide bonds. The van der Waals surface area contributed by atoms with Crippen molar-refractivity contribution in [3.8, 4) is 5.75 Å². The Morgan fingerprint density at radius 1 is 1.20 bits per heavy atom. The smallest absolute Gasteiger partial charge is 0.420 e. The highest BCUT2D eigenvalue weighted by atomic mass is 79.9. The lowest BCUT2D eigenvalue weighted by molar-refractivity contribution is -0.139. The van der Waals surface area contributed by atoms with Gasteiger partial charge in [-0.1, -0.05) is 15.9 Å². The van der Waals surface area contributed by atoms with Crippen molar-refractivity contribution < 1.29 is 23.0 Å². The molecular weight excluding hydrogens is 401 g/mol. The van der Waals surface area contributed by atoms with Crippen molar-refractivity contribution in [2.75, 3.05) is 39.4 Å². The summed E-state index contributed by atoms with van der Waals surface area (Å²) < 4.78 is 45.8. The number of hydrogen-bond acceptors (Lipinski definition) is 4. The molecule has 0 aromatic heterocycles. The number of hydrogen-bond donors (Lipinski definition) is 2. The number of nitrogens with one attached hydrogen (secondary N) is 1. The number of aromatic hydroxyl groups is 1. The lowest BCUT2D eigenvalue weighted by Gasteiger charge is -2.41. The van der Waals surface area contributed by atoms with Crippen LogP contribution in [-0.2, 0) is 10.9 Å². The van der Waals surface area contributed by atoms with E-state index in [1.54, 1.807) is 6.07 Å². The Hall–Kier alpha value is -0.830. The van der Waals surface area contributed by atoms with E-state index in [0.717, 1.165) is 45.1 Å². The average molecular weight is 423 g/mol. The minimum atomic E-state index is -4.59. The van der Waals surface area contributed by atoms with Crippen LogP contribution in [-0.4, -0.2) is 49.4 Å². The number of nitrogens with zero attached hydrogens (tertiary/aromatic N) is 1. The predicted molar refractivity (Wildman–Crippen MR) is 91.5 cm³/mol. The van der Waals surface area contributed by atoms with E-state index >= 15 is 0 Å². The van der Waals surface area contributed by atoms with Gasteiger partial charge in [-0.05, 0) is 30.9 Å². The van der Waals surface area contributed by atoms with Gasteiger partial charge in [0.2, 0.25) is 0 Å². The number of rotatable bonds is 3. The second-order valence-corrected chi connectivity index (χ2v) is 7.49. The van der Waals surface area contributed by atoms with Crippen LogP contribution in [0.2, 0.25) is 0 Å². The SMILES string of the molecule is Oc1c([C@@H](C2CCOCC2)N2CCNCC2)cc(Br)cc1C(F)(F)F. The highest BCUT2D eigenvalue weighted by Crippen LogP contribution is 2.46. The molecular formula is C17H22BrF3N2O2. The van der Waals surface area contributed by atoms with Gasteiger partial charge < -0.3 is 15.2 Å². The molecule has 3 rings (SSSR count). The maximum Gasteiger partial charge on any atom is 0.420 e. The Kier molecular flexibility index (Phi) is 5.92. The molecule has 2 aliphatic rings. The van der Waals surface area contributed by atoms with Crippen LogP contribution < -0.4 is 5.32 Å². The third-order valence-corrected chi connectivity index (χ3v) is 5.44. The number of halogens is 4. The Morgan fingerprint density at radius 2 is 1.84 bits per heavy atom. The Balaban J connectivity index is 2.04. The van der Waals surface area contributed by atoms with Crippen LogP contribution in [0, 0.1) is 5.92 Å². The first-order valence-corrected chi connectivity index (χ1v) is 9.29. The summed E-state index contributed by atoms with van der Waals surface area (Å²) in [6, 6.07) is 2.33. The molecule has 2 heterocycles. The van der Waals surface area contributed by atoms with Crippen molar-refractivity contribution in [1.82, 2.24) is 10.2 Å². The lowest BCUT2D eigenvalue weighted by atomic mass is 9.84. The second-order valence-electron chi connectivity index (χ2n) is 6.57. The van der Waals surface area contributed by atoms with Crippen molar-refractivity contribution in [2.45, 2.75) is 25.1 Å². The van der Waals surface area contributed by atoms with E-state index in [1.807, 2.05) is 0 Å². The van der Waals surface area contributed by atoms with Crippen molar-refractivity contribution in [1.29, 1.82) is 0 Å². The summed E-state index contributed by atoms with van der Waals surface area (Å²) >= 11 is 3.19. The third kappa shape index (κ3) is 4.30. The monoisotopic (exact) mass is 422 g/mol. The number of phenolic OH excluding ortho intramolecular Hbond substituents is 1. The van der Waals surface area contributed by atoms with Crippen LogP contribution in [0.5, 0.6) is 5.75 Å². The normalized spacial score (nSPS) is 22.1. The lowest BCUT2D eigenvalue weighted by Crippen LogP contribution is -2.47. The van der Waals surface area contributed by atoms with Gasteiger partial charge in [0.1, 0.15) is 5.75 Å². The zero-order valence-electron chi connectivity index (χ0n) is 13.8. The molecule has 25 heavy (non-hydrogen) atoms. The fraction of sp³-hybridized carbons (Fsp3) is 0.647. The van der Waals surface area contributed by atoms with E-state index < -0.39 is 17.5 Å². The highest BCUT2D eigenvalue weighted by molar-refractivity contribution is 9.10. The van der Waals surface area contributed by atoms with Gasteiger partial charge in [0.15, 0.2) is 0 Å². The van der Waals surface area contributed by atoms with E-state index in [9.17, 15) is 18.3 Å². The summed E-state index contributed by atoms with van der Waals surface area (Å²) in [6.45, 7) is 4.29. The molecule has 1 aromatic rings. The molecule has 0 radical (unpaired) electrons. The summed E-state index contributed by atoms with van der Waals surface area (Å²) in [5, 5.41) is 13.7. The first-order chi connectivity index (χ1) is 11.9. The number of ether oxygens (including phenoxy) is 1. The molecule has 2 N–H and O–H groups in total. The fourth-order valence-corrected chi connectivity index (χ4v) is 4.28. The molecule has 1 atom stereocenters. The van der Waals surface area contributed by atoms with Gasteiger partial charge >= 0.3 is 6.18 Å². The number of phenols is 1. The molecule has 0 aliphatic carbocycles. The predicted octanol–water partition coefficient (Wildman–Crippen LogP) is 3.55. The molecule has 2 aliphatic heterocycles. The van der Waals surface area contributed by atoms with Crippen LogP contribution in [0.4, 0.5) is 13.2 Å². The van der Waals surface area contributed by atoms with E-state index in [-0.39, 0.29) is 12.0 Å². The third-order valence-electron chi connectivity index (χ3n) is 4.99. The molecule has 2 saturated heterocycles. The molecule has 8 heteroatoms. The molecule has 0 bridgehead atoms. The van der Waals surface area contributed by atoms with E-state index in [2.05, 4.69) is 26.1 Å². The van der Waals surface area contributed by atoms with Gasteiger partial charge in [0.05, 0.1) is 5.56 Å². The van der Waals surface area contributed by atoms with Gasteiger partial charge in [-0.2, -0.15) is 13.2 Å². The molecule has 1 aromatic carbocycles. The van der Waals surface area contributed by atoms with Gasteiger partial charge in [-0.3, -0.25) is 4.90 Å². The van der Waals surface area contributed by atoms with Crippen LogP contribution in [0.25, 0.3) is 0 Å². The Bertz CT molecular complexity index is 582. The van der Waals surface area contributed by atoms with E-state index in [4.69, 9.17) is 4.74 Å². The number of alkyl halides is 3. The molecule has 4 nitrogen and oxygen atoms in total. The van der Waals surface area contributed by atoms with Crippen molar-refractivity contribution in [3.05, 3.63) is 27.7 Å². The quantitative estimate of drug-likeness (QED) is 0.781. The first-order valence-electron chi connectivity index (χ1n) is 8.50. The second kappa shape index (κ2) is 7.82. The average Bonchev–Trinajstić information content (AvgIpc) is 2.59. The molecule has 0 unspecified atom stereocenters. The summed E-state index contributed by atoms with van der Waals surface area (Å²) in [7, 11) is 0. The zero-order chi connectivity index (χ0) is 18.0. The van der Waals surface area contributed by atoms with Crippen molar-refractivity contribution in [3.63, 3.8) is 0 Å². The summed E-state index contributed by atoms with van der Waals surface area (Å²) in [5.41, 5.74) is -0.625. The zero-order valence-corrected chi connectivity index (χ0v) is 15.4. The minimum Gasteiger partial charge on any atom is -0.507 e. The largest absolute Gasteiger partial charge is 0.507 e. The molecule has 2 fully saturated rings. The maximum absolute atomic E-state index is 13.3. The standard InChI is InChI=1S/C17H22BrF3N2O2/c18-12-9-13(16(24)14(10-12)17(19,20)21)15(11-1-7-25-8-2-11)23-5-3-22-4-6-23/h9-11,15,22,24H,1-8H2/t15-/m1/s1. The Morgan fingerprint density at radius 3 is 2.44 bits per heavy atom. The Labute approximate surface area is 153 Å². The van der Waals surface area contributed by atoms with Gasteiger partial charge in [-0.25, -0.2) is 0 Å². The van der Waals surface area contributed by atoms with Crippen LogP contribution in [0.15, 0.2) is 16.6 Å². The maximum atomic E-state index is 13.3. The number of benzene rings is 1. The highest BCUT2D eigenvalue weighted by Gasteiger charge is 2.39. The molecule has 140 valence electrons. The van der Waals surface area contributed by atoms with E-state index in [0.29, 0.717) is 23.2 Å². The van der Waals surface area contributed by atoms with Crippen LogP contribution in [0.1, 0.15) is 30.0 Å². The summed E-state index contributed by atoms with van der Waals surface area (Å²) in [5.74, 6) is -0.487. The van der Waals surface area contributed by atoms with E-state index in [1.165, 1.54) is 0 Å². The molecule has 0 saturated carbocycles. The minimum absolute atomic E-state index is 0.160. The van der Waals surface area contributed by atoms with Gasteiger partial charge in [-0.15, -0.1) is 0 Å². The van der Waals surface area contributed by atoms with Crippen LogP contribution >= 0.6 is 15.9 Å². The number of piperazine rings is 1. The van der Waals surface area contributed by atoms with Gasteiger partial charge in [0.25, 0.3) is 0 Å². The van der Waals surface area contributed by atoms with Crippen molar-refractivity contribution >= 4 is 15.9 Å².